The highest BCUT2D eigenvalue weighted by molar-refractivity contribution is 8.00. The Morgan fingerprint density at radius 1 is 1.00 bits per heavy atom. The second-order valence-corrected chi connectivity index (χ2v) is 12.2. The zero-order valence-corrected chi connectivity index (χ0v) is 27.3. The molecule has 3 rings (SSSR count). The molecule has 2 heterocycles. The van der Waals surface area contributed by atoms with Crippen LogP contribution in [0.1, 0.15) is 93.4 Å². The maximum absolute atomic E-state index is 13.3. The molecule has 232 valence electrons. The van der Waals surface area contributed by atoms with Gasteiger partial charge < -0.3 is 24.7 Å². The van der Waals surface area contributed by atoms with Gasteiger partial charge in [0.15, 0.2) is 11.0 Å². The molecule has 0 saturated carbocycles. The first-order valence-corrected chi connectivity index (χ1v) is 15.9. The molecule has 11 nitrogen and oxygen atoms in total. The molecule has 2 aromatic heterocycles. The van der Waals surface area contributed by atoms with Crippen molar-refractivity contribution in [3.63, 3.8) is 0 Å². The summed E-state index contributed by atoms with van der Waals surface area (Å²) in [6.07, 6.45) is 1.79. The number of nitrogens with zero attached hydrogens (tertiary/aromatic N) is 3. The van der Waals surface area contributed by atoms with Crippen molar-refractivity contribution in [3.05, 3.63) is 56.7 Å². The van der Waals surface area contributed by atoms with Crippen molar-refractivity contribution >= 4 is 51.9 Å². The van der Waals surface area contributed by atoms with E-state index in [1.54, 1.807) is 33.8 Å². The van der Waals surface area contributed by atoms with E-state index in [1.165, 1.54) is 11.8 Å². The van der Waals surface area contributed by atoms with E-state index in [1.807, 2.05) is 30.5 Å². The van der Waals surface area contributed by atoms with Gasteiger partial charge in [0.05, 0.1) is 30.6 Å². The van der Waals surface area contributed by atoms with Crippen LogP contribution in [0.4, 0.5) is 5.00 Å². The number of aryl methyl sites for hydroxylation is 2. The van der Waals surface area contributed by atoms with Gasteiger partial charge in [-0.1, -0.05) is 31.2 Å². The van der Waals surface area contributed by atoms with Crippen LogP contribution in [0.3, 0.4) is 0 Å². The molecule has 2 N–H and O–H groups in total. The van der Waals surface area contributed by atoms with Crippen molar-refractivity contribution in [2.24, 2.45) is 0 Å². The molecule has 0 aliphatic carbocycles. The number of aromatic nitrogens is 3. The minimum atomic E-state index is -0.633. The van der Waals surface area contributed by atoms with Crippen LogP contribution < -0.4 is 10.6 Å². The fraction of sp³-hybridized carbons (Fsp3) is 0.467. The van der Waals surface area contributed by atoms with Crippen LogP contribution in [-0.4, -0.2) is 57.0 Å². The van der Waals surface area contributed by atoms with E-state index in [0.29, 0.717) is 28.7 Å². The van der Waals surface area contributed by atoms with E-state index in [0.717, 1.165) is 35.3 Å². The third-order valence-corrected chi connectivity index (χ3v) is 8.95. The molecular formula is C30H39N5O6S2. The number of benzene rings is 1. The molecule has 43 heavy (non-hydrogen) atoms. The van der Waals surface area contributed by atoms with Crippen LogP contribution >= 0.6 is 23.1 Å². The van der Waals surface area contributed by atoms with Gasteiger partial charge in [-0.3, -0.25) is 9.59 Å². The van der Waals surface area contributed by atoms with Crippen molar-refractivity contribution in [2.75, 3.05) is 18.5 Å². The number of ether oxygens (including phenoxy) is 2. The van der Waals surface area contributed by atoms with Crippen LogP contribution in [0.25, 0.3) is 0 Å². The first-order valence-electron chi connectivity index (χ1n) is 14.2. The molecule has 1 atom stereocenters. The number of hydrogen-bond donors (Lipinski definition) is 2. The van der Waals surface area contributed by atoms with Gasteiger partial charge >= 0.3 is 11.9 Å². The van der Waals surface area contributed by atoms with Gasteiger partial charge in [-0.25, -0.2) is 9.59 Å². The molecule has 0 aliphatic heterocycles. The summed E-state index contributed by atoms with van der Waals surface area (Å²) in [5.74, 6) is -1.21. The van der Waals surface area contributed by atoms with Crippen LogP contribution in [0, 0.1) is 20.8 Å². The first kappa shape index (κ1) is 33.8. The smallest absolute Gasteiger partial charge is 0.348 e. The lowest BCUT2D eigenvalue weighted by molar-refractivity contribution is -0.115. The predicted molar refractivity (Wildman–Crippen MR) is 167 cm³/mol. The topological polar surface area (TPSA) is 142 Å². The maximum atomic E-state index is 13.3. The number of carbonyl (C=O) groups excluding carboxylic acids is 4. The Balaban J connectivity index is 1.77. The highest BCUT2D eigenvalue weighted by Crippen LogP contribution is 2.35. The average Bonchev–Trinajstić information content (AvgIpc) is 3.51. The number of thiophene rings is 1. The van der Waals surface area contributed by atoms with Gasteiger partial charge in [-0.2, -0.15) is 0 Å². The van der Waals surface area contributed by atoms with Gasteiger partial charge in [0.1, 0.15) is 9.88 Å². The summed E-state index contributed by atoms with van der Waals surface area (Å²) in [5, 5.41) is 14.5. The molecule has 2 amide bonds. The predicted octanol–water partition coefficient (Wildman–Crippen LogP) is 5.47. The van der Waals surface area contributed by atoms with E-state index in [-0.39, 0.29) is 47.0 Å². The number of hydrogen-bond acceptors (Lipinski definition) is 10. The normalized spacial score (nSPS) is 11.6. The molecule has 13 heteroatoms. The summed E-state index contributed by atoms with van der Waals surface area (Å²) in [6, 6.07) is 5.56. The van der Waals surface area contributed by atoms with Crippen molar-refractivity contribution in [1.29, 1.82) is 0 Å². The number of amides is 2. The van der Waals surface area contributed by atoms with Crippen LogP contribution in [-0.2, 0) is 27.4 Å². The number of nitrogens with one attached hydrogen (secondary N) is 2. The summed E-state index contributed by atoms with van der Waals surface area (Å²) < 4.78 is 12.2. The number of thioether (sulfide) groups is 1. The van der Waals surface area contributed by atoms with Crippen LogP contribution in [0.2, 0.25) is 0 Å². The highest BCUT2D eigenvalue weighted by Gasteiger charge is 2.29. The summed E-state index contributed by atoms with van der Waals surface area (Å²) in [7, 11) is 0. The monoisotopic (exact) mass is 629 g/mol. The third-order valence-electron chi connectivity index (χ3n) is 6.68. The molecule has 0 bridgehead atoms. The fourth-order valence-electron chi connectivity index (χ4n) is 4.09. The summed E-state index contributed by atoms with van der Waals surface area (Å²) in [6.45, 7) is 13.9. The van der Waals surface area contributed by atoms with Gasteiger partial charge in [-0.15, -0.1) is 21.5 Å². The van der Waals surface area contributed by atoms with Gasteiger partial charge in [0, 0.05) is 12.1 Å². The van der Waals surface area contributed by atoms with Crippen LogP contribution in [0.15, 0.2) is 23.4 Å². The maximum Gasteiger partial charge on any atom is 0.348 e. The zero-order chi connectivity index (χ0) is 31.7. The lowest BCUT2D eigenvalue weighted by Gasteiger charge is -2.14. The Bertz CT molecular complexity index is 1480. The quantitative estimate of drug-likeness (QED) is 0.175. The number of carbonyl (C=O) groups is 4. The van der Waals surface area contributed by atoms with Gasteiger partial charge in [0.2, 0.25) is 5.91 Å². The van der Waals surface area contributed by atoms with Crippen molar-refractivity contribution in [1.82, 2.24) is 20.1 Å². The molecule has 0 aliphatic rings. The number of anilines is 1. The first-order chi connectivity index (χ1) is 20.5. The number of esters is 2. The van der Waals surface area contributed by atoms with Gasteiger partial charge in [0.25, 0.3) is 5.91 Å². The van der Waals surface area contributed by atoms with E-state index < -0.39 is 17.2 Å². The average molecular weight is 630 g/mol. The Morgan fingerprint density at radius 3 is 2.35 bits per heavy atom. The molecule has 0 fully saturated rings. The third kappa shape index (κ3) is 8.44. The summed E-state index contributed by atoms with van der Waals surface area (Å²) in [4.78, 5) is 51.5. The van der Waals surface area contributed by atoms with E-state index in [2.05, 4.69) is 27.8 Å². The molecule has 0 radical (unpaired) electrons. The minimum Gasteiger partial charge on any atom is -0.462 e. The molecular weight excluding hydrogens is 590 g/mol. The van der Waals surface area contributed by atoms with Gasteiger partial charge in [-0.05, 0) is 76.8 Å². The number of unbranched alkanes of at least 4 members (excludes halogenated alkanes) is 1. The Hall–Kier alpha value is -3.71. The zero-order valence-electron chi connectivity index (χ0n) is 25.7. The molecule has 0 spiro atoms. The largest absolute Gasteiger partial charge is 0.462 e. The fourth-order valence-corrected chi connectivity index (χ4v) is 6.07. The summed E-state index contributed by atoms with van der Waals surface area (Å²) in [5.41, 5.74) is 3.24. The summed E-state index contributed by atoms with van der Waals surface area (Å²) >= 11 is 2.19. The number of rotatable bonds is 14. The second-order valence-electron chi connectivity index (χ2n) is 9.84. The lowest BCUT2D eigenvalue weighted by Crippen LogP contribution is -2.25. The molecule has 1 unspecified atom stereocenters. The second kappa shape index (κ2) is 15.7. The van der Waals surface area contributed by atoms with Crippen molar-refractivity contribution < 1.29 is 28.7 Å². The highest BCUT2D eigenvalue weighted by atomic mass is 32.2. The van der Waals surface area contributed by atoms with Crippen molar-refractivity contribution in [3.8, 4) is 0 Å². The standard InChI is InChI=1S/C30H39N5O6S2/c1-8-11-14-35-22(16-31-26(37)21-13-12-17(4)18(5)15-21)33-34-30(35)42-20(7)25(36)32-27-23(28(38)40-9-2)19(6)24(43-27)29(39)41-10-3/h12-13,15,20H,8-11,14,16H2,1-7H3,(H,31,37)(H,32,36). The Kier molecular flexibility index (Phi) is 12.3. The lowest BCUT2D eigenvalue weighted by atomic mass is 10.1. The Morgan fingerprint density at radius 2 is 1.70 bits per heavy atom. The van der Waals surface area contributed by atoms with E-state index in [4.69, 9.17) is 9.47 Å². The SMILES string of the molecule is CCCCn1c(CNC(=O)c2ccc(C)c(C)c2)nnc1SC(C)C(=O)Nc1sc(C(=O)OCC)c(C)c1C(=O)OCC. The Labute approximate surface area is 260 Å². The minimum absolute atomic E-state index is 0.133. The molecule has 0 saturated heterocycles. The van der Waals surface area contributed by atoms with E-state index in [9.17, 15) is 19.2 Å². The van der Waals surface area contributed by atoms with Crippen molar-refractivity contribution in [2.45, 2.75) is 84.8 Å². The molecule has 1 aromatic carbocycles. The molecule has 3 aromatic rings. The van der Waals surface area contributed by atoms with Crippen LogP contribution in [0.5, 0.6) is 0 Å². The van der Waals surface area contributed by atoms with E-state index >= 15 is 0 Å².